The van der Waals surface area contributed by atoms with Gasteiger partial charge in [-0.25, -0.2) is 0 Å². The van der Waals surface area contributed by atoms with Gasteiger partial charge in [0, 0.05) is 0 Å². The van der Waals surface area contributed by atoms with Crippen molar-refractivity contribution in [1.29, 1.82) is 0 Å². The summed E-state index contributed by atoms with van der Waals surface area (Å²) in [5.41, 5.74) is 4.74. The molecule has 140 valence electrons. The standard InChI is InChI=1S/C23H32N2O/c1-3-25(2)19-11-17-21-13-8-7-12-20(21)14-9-10-18-23(24-26)22-15-5-4-6-16-22/h4-8,12-13,15-16,26H,3,9-11,14,17-19H2,1-2H3. The Hall–Kier alpha value is -2.13. The lowest BCUT2D eigenvalue weighted by Crippen LogP contribution is -2.19. The summed E-state index contributed by atoms with van der Waals surface area (Å²) in [5.74, 6) is 0. The molecule has 0 spiro atoms. The van der Waals surface area contributed by atoms with E-state index in [2.05, 4.69) is 48.3 Å². The first kappa shape index (κ1) is 20.2. The van der Waals surface area contributed by atoms with Crippen LogP contribution in [0.5, 0.6) is 0 Å². The van der Waals surface area contributed by atoms with E-state index < -0.39 is 0 Å². The first-order valence-corrected chi connectivity index (χ1v) is 9.76. The Bertz CT molecular complexity index is 667. The molecule has 0 atom stereocenters. The summed E-state index contributed by atoms with van der Waals surface area (Å²) in [4.78, 5) is 2.36. The predicted molar refractivity (Wildman–Crippen MR) is 110 cm³/mol. The van der Waals surface area contributed by atoms with Crippen LogP contribution in [0.15, 0.2) is 59.8 Å². The number of hydrogen-bond acceptors (Lipinski definition) is 3. The summed E-state index contributed by atoms with van der Waals surface area (Å²) in [6, 6.07) is 18.8. The van der Waals surface area contributed by atoms with Crippen molar-refractivity contribution >= 4 is 5.71 Å². The highest BCUT2D eigenvalue weighted by Crippen LogP contribution is 2.16. The van der Waals surface area contributed by atoms with Gasteiger partial charge >= 0.3 is 0 Å². The Kier molecular flexibility index (Phi) is 8.91. The van der Waals surface area contributed by atoms with Crippen LogP contribution in [-0.2, 0) is 12.8 Å². The number of nitrogens with zero attached hydrogens (tertiary/aromatic N) is 2. The van der Waals surface area contributed by atoms with Crippen LogP contribution in [0, 0.1) is 0 Å². The zero-order chi connectivity index (χ0) is 18.6. The SMILES string of the molecule is CCN(C)CCCc1ccccc1CCCCC(=NO)c1ccccc1. The molecule has 0 saturated heterocycles. The number of benzene rings is 2. The lowest BCUT2D eigenvalue weighted by atomic mass is 9.97. The Morgan fingerprint density at radius 1 is 0.885 bits per heavy atom. The summed E-state index contributed by atoms with van der Waals surface area (Å²) >= 11 is 0. The maximum atomic E-state index is 9.29. The zero-order valence-corrected chi connectivity index (χ0v) is 16.2. The van der Waals surface area contributed by atoms with Gasteiger partial charge in [0.25, 0.3) is 0 Å². The molecule has 2 aromatic rings. The minimum absolute atomic E-state index is 0.779. The lowest BCUT2D eigenvalue weighted by Gasteiger charge is -2.14. The van der Waals surface area contributed by atoms with Gasteiger partial charge in [0.1, 0.15) is 0 Å². The van der Waals surface area contributed by atoms with Crippen LogP contribution >= 0.6 is 0 Å². The third-order valence-electron chi connectivity index (χ3n) is 4.98. The quantitative estimate of drug-likeness (QED) is 0.262. The van der Waals surface area contributed by atoms with E-state index in [1.807, 2.05) is 30.3 Å². The van der Waals surface area contributed by atoms with Crippen LogP contribution in [0.2, 0.25) is 0 Å². The summed E-state index contributed by atoms with van der Waals surface area (Å²) < 4.78 is 0. The van der Waals surface area contributed by atoms with Crippen molar-refractivity contribution in [3.63, 3.8) is 0 Å². The van der Waals surface area contributed by atoms with Gasteiger partial charge in [-0.1, -0.05) is 66.7 Å². The lowest BCUT2D eigenvalue weighted by molar-refractivity contribution is 0.317. The maximum Gasteiger partial charge on any atom is 0.0867 e. The summed E-state index contributed by atoms with van der Waals surface area (Å²) in [5, 5.41) is 12.8. The molecule has 0 aliphatic carbocycles. The fourth-order valence-electron chi connectivity index (χ4n) is 3.23. The molecule has 0 fully saturated rings. The van der Waals surface area contributed by atoms with Gasteiger partial charge in [-0.3, -0.25) is 0 Å². The monoisotopic (exact) mass is 352 g/mol. The average Bonchev–Trinajstić information content (AvgIpc) is 2.69. The van der Waals surface area contributed by atoms with Crippen molar-refractivity contribution in [1.82, 2.24) is 4.90 Å². The highest BCUT2D eigenvalue weighted by atomic mass is 16.4. The number of oxime groups is 1. The predicted octanol–water partition coefficient (Wildman–Crippen LogP) is 5.16. The highest BCUT2D eigenvalue weighted by Gasteiger charge is 2.06. The highest BCUT2D eigenvalue weighted by molar-refractivity contribution is 6.00. The van der Waals surface area contributed by atoms with E-state index in [4.69, 9.17) is 0 Å². The van der Waals surface area contributed by atoms with Crippen LogP contribution in [0.25, 0.3) is 0 Å². The Balaban J connectivity index is 1.80. The van der Waals surface area contributed by atoms with Crippen molar-refractivity contribution < 1.29 is 5.21 Å². The normalized spacial score (nSPS) is 11.9. The summed E-state index contributed by atoms with van der Waals surface area (Å²) in [6.45, 7) is 4.46. The van der Waals surface area contributed by atoms with Crippen LogP contribution in [0.1, 0.15) is 49.3 Å². The molecule has 3 nitrogen and oxygen atoms in total. The number of aryl methyl sites for hydroxylation is 2. The Labute approximate surface area is 158 Å². The molecule has 2 rings (SSSR count). The van der Waals surface area contributed by atoms with Gasteiger partial charge in [-0.2, -0.15) is 0 Å². The zero-order valence-electron chi connectivity index (χ0n) is 16.2. The van der Waals surface area contributed by atoms with E-state index in [9.17, 15) is 5.21 Å². The molecule has 0 heterocycles. The molecule has 0 amide bonds. The van der Waals surface area contributed by atoms with Gasteiger partial charge in [0.05, 0.1) is 5.71 Å². The minimum atomic E-state index is 0.779. The molecule has 0 saturated carbocycles. The van der Waals surface area contributed by atoms with E-state index in [1.165, 1.54) is 17.5 Å². The smallest absolute Gasteiger partial charge is 0.0867 e. The number of rotatable bonds is 11. The van der Waals surface area contributed by atoms with Gasteiger partial charge in [-0.05, 0) is 75.4 Å². The van der Waals surface area contributed by atoms with E-state index in [1.54, 1.807) is 0 Å². The van der Waals surface area contributed by atoms with Crippen molar-refractivity contribution in [2.75, 3.05) is 20.1 Å². The van der Waals surface area contributed by atoms with Crippen LogP contribution in [-0.4, -0.2) is 36.0 Å². The van der Waals surface area contributed by atoms with E-state index >= 15 is 0 Å². The van der Waals surface area contributed by atoms with E-state index in [0.717, 1.165) is 56.5 Å². The fraction of sp³-hybridized carbons (Fsp3) is 0.435. The first-order valence-electron chi connectivity index (χ1n) is 9.76. The fourth-order valence-corrected chi connectivity index (χ4v) is 3.23. The third-order valence-corrected chi connectivity index (χ3v) is 4.98. The summed E-state index contributed by atoms with van der Waals surface area (Å²) in [7, 11) is 2.18. The Morgan fingerprint density at radius 2 is 1.50 bits per heavy atom. The third kappa shape index (κ3) is 6.64. The van der Waals surface area contributed by atoms with Gasteiger partial charge < -0.3 is 10.1 Å². The molecule has 0 aliphatic heterocycles. The van der Waals surface area contributed by atoms with Crippen LogP contribution < -0.4 is 0 Å². The van der Waals surface area contributed by atoms with Crippen molar-refractivity contribution in [2.45, 2.75) is 45.4 Å². The second-order valence-corrected chi connectivity index (χ2v) is 6.89. The molecule has 3 heteroatoms. The Morgan fingerprint density at radius 3 is 2.12 bits per heavy atom. The molecule has 1 N–H and O–H groups in total. The van der Waals surface area contributed by atoms with Gasteiger partial charge in [0.15, 0.2) is 0 Å². The maximum absolute atomic E-state index is 9.29. The molecule has 0 aromatic heterocycles. The molecule has 0 bridgehead atoms. The molecule has 26 heavy (non-hydrogen) atoms. The van der Waals surface area contributed by atoms with Crippen molar-refractivity contribution in [3.05, 3.63) is 71.3 Å². The number of unbranched alkanes of at least 4 members (excludes halogenated alkanes) is 1. The van der Waals surface area contributed by atoms with Gasteiger partial charge in [-0.15, -0.1) is 0 Å². The molecule has 0 radical (unpaired) electrons. The minimum Gasteiger partial charge on any atom is -0.411 e. The number of hydrogen-bond donors (Lipinski definition) is 1. The molecule has 0 unspecified atom stereocenters. The largest absolute Gasteiger partial charge is 0.411 e. The van der Waals surface area contributed by atoms with Gasteiger partial charge in [0.2, 0.25) is 0 Å². The van der Waals surface area contributed by atoms with Crippen LogP contribution in [0.3, 0.4) is 0 Å². The molecule has 2 aromatic carbocycles. The topological polar surface area (TPSA) is 35.8 Å². The first-order chi connectivity index (χ1) is 12.7. The second kappa shape index (κ2) is 11.5. The van der Waals surface area contributed by atoms with Crippen molar-refractivity contribution in [2.24, 2.45) is 5.16 Å². The average molecular weight is 353 g/mol. The van der Waals surface area contributed by atoms with Crippen molar-refractivity contribution in [3.8, 4) is 0 Å². The van der Waals surface area contributed by atoms with E-state index in [-0.39, 0.29) is 0 Å². The molecular weight excluding hydrogens is 320 g/mol. The second-order valence-electron chi connectivity index (χ2n) is 6.89. The van der Waals surface area contributed by atoms with Crippen LogP contribution in [0.4, 0.5) is 0 Å². The molecular formula is C23H32N2O. The van der Waals surface area contributed by atoms with E-state index in [0.29, 0.717) is 0 Å². The summed E-state index contributed by atoms with van der Waals surface area (Å²) in [6.07, 6.45) is 6.39. The molecule has 0 aliphatic rings.